The second-order valence-corrected chi connectivity index (χ2v) is 6.92. The average molecular weight is 301 g/mol. The van der Waals surface area contributed by atoms with E-state index in [2.05, 4.69) is 18.2 Å². The van der Waals surface area contributed by atoms with Gasteiger partial charge in [-0.15, -0.1) is 0 Å². The molecule has 2 unspecified atom stereocenters. The number of benzene rings is 1. The lowest BCUT2D eigenvalue weighted by atomic mass is 9.81. The zero-order valence-electron chi connectivity index (χ0n) is 13.0. The Morgan fingerprint density at radius 3 is 2.86 bits per heavy atom. The molecular formula is C18H23NO3. The minimum absolute atomic E-state index is 0.103. The molecule has 4 nitrogen and oxygen atoms in total. The van der Waals surface area contributed by atoms with Crippen molar-refractivity contribution in [2.75, 3.05) is 13.1 Å². The van der Waals surface area contributed by atoms with E-state index in [0.717, 1.165) is 19.3 Å². The number of carboxylic acid groups (broad SMARTS) is 1. The number of carbonyl (C=O) groups is 2. The Morgan fingerprint density at radius 2 is 2.14 bits per heavy atom. The van der Waals surface area contributed by atoms with Crippen LogP contribution in [0.5, 0.6) is 0 Å². The summed E-state index contributed by atoms with van der Waals surface area (Å²) in [7, 11) is 0. The molecule has 1 aromatic carbocycles. The molecule has 1 N–H and O–H groups in total. The van der Waals surface area contributed by atoms with Crippen LogP contribution in [0.25, 0.3) is 0 Å². The second kappa shape index (κ2) is 5.75. The Morgan fingerprint density at radius 1 is 1.36 bits per heavy atom. The van der Waals surface area contributed by atoms with E-state index in [4.69, 9.17) is 0 Å². The van der Waals surface area contributed by atoms with Crippen molar-refractivity contribution in [1.29, 1.82) is 0 Å². The smallest absolute Gasteiger partial charge is 0.311 e. The first-order valence-electron chi connectivity index (χ1n) is 8.08. The molecule has 1 aromatic rings. The zero-order chi connectivity index (χ0) is 15.7. The predicted octanol–water partition coefficient (Wildman–Crippen LogP) is 2.82. The summed E-state index contributed by atoms with van der Waals surface area (Å²) in [6.45, 7) is 2.64. The maximum Gasteiger partial charge on any atom is 0.311 e. The second-order valence-electron chi connectivity index (χ2n) is 6.92. The van der Waals surface area contributed by atoms with Gasteiger partial charge in [-0.2, -0.15) is 0 Å². The van der Waals surface area contributed by atoms with Gasteiger partial charge in [-0.25, -0.2) is 0 Å². The fraction of sp³-hybridized carbons (Fsp3) is 0.556. The minimum atomic E-state index is -0.800. The van der Waals surface area contributed by atoms with Gasteiger partial charge in [0.1, 0.15) is 0 Å². The molecule has 1 aliphatic carbocycles. The predicted molar refractivity (Wildman–Crippen MR) is 83.7 cm³/mol. The van der Waals surface area contributed by atoms with E-state index in [1.165, 1.54) is 11.1 Å². The van der Waals surface area contributed by atoms with Gasteiger partial charge in [0.2, 0.25) is 5.91 Å². The highest BCUT2D eigenvalue weighted by molar-refractivity contribution is 5.81. The lowest BCUT2D eigenvalue weighted by Gasteiger charge is -2.27. The third-order valence-corrected chi connectivity index (χ3v) is 5.26. The molecule has 0 spiro atoms. The molecule has 4 heteroatoms. The SMILES string of the molecule is CC1(C(=O)O)CCN(C(=O)CC2CCCc3ccccc32)C1. The molecule has 1 saturated heterocycles. The van der Waals surface area contributed by atoms with Crippen molar-refractivity contribution >= 4 is 11.9 Å². The van der Waals surface area contributed by atoms with Crippen molar-refractivity contribution in [2.45, 2.75) is 44.9 Å². The number of aliphatic carboxylic acids is 1. The van der Waals surface area contributed by atoms with E-state index in [0.29, 0.717) is 25.9 Å². The van der Waals surface area contributed by atoms with Crippen LogP contribution in [0.4, 0.5) is 0 Å². The zero-order valence-corrected chi connectivity index (χ0v) is 13.0. The summed E-state index contributed by atoms with van der Waals surface area (Å²) in [4.78, 5) is 25.6. The summed E-state index contributed by atoms with van der Waals surface area (Å²) in [5, 5.41) is 9.29. The van der Waals surface area contributed by atoms with Crippen LogP contribution >= 0.6 is 0 Å². The molecule has 1 fully saturated rings. The third-order valence-electron chi connectivity index (χ3n) is 5.26. The first-order valence-corrected chi connectivity index (χ1v) is 8.08. The van der Waals surface area contributed by atoms with Gasteiger partial charge in [0.25, 0.3) is 0 Å². The van der Waals surface area contributed by atoms with E-state index in [1.54, 1.807) is 11.8 Å². The lowest BCUT2D eigenvalue weighted by molar-refractivity contribution is -0.147. The summed E-state index contributed by atoms with van der Waals surface area (Å²) in [6, 6.07) is 8.39. The van der Waals surface area contributed by atoms with Crippen LogP contribution < -0.4 is 0 Å². The molecule has 2 atom stereocenters. The van der Waals surface area contributed by atoms with Crippen LogP contribution in [0.15, 0.2) is 24.3 Å². The molecule has 0 radical (unpaired) electrons. The van der Waals surface area contributed by atoms with Crippen molar-refractivity contribution in [1.82, 2.24) is 4.90 Å². The number of amides is 1. The summed E-state index contributed by atoms with van der Waals surface area (Å²) < 4.78 is 0. The minimum Gasteiger partial charge on any atom is -0.481 e. The number of hydrogen-bond donors (Lipinski definition) is 1. The lowest BCUT2D eigenvalue weighted by Crippen LogP contribution is -2.35. The standard InChI is InChI=1S/C18H23NO3/c1-18(17(21)22)9-10-19(12-18)16(20)11-14-7-4-6-13-5-2-3-8-15(13)14/h2-3,5,8,14H,4,6-7,9-12H2,1H3,(H,21,22). The molecule has 1 heterocycles. The van der Waals surface area contributed by atoms with Crippen molar-refractivity contribution in [3.63, 3.8) is 0 Å². The molecule has 3 rings (SSSR count). The average Bonchev–Trinajstić information content (AvgIpc) is 2.92. The van der Waals surface area contributed by atoms with Gasteiger partial charge in [0, 0.05) is 19.5 Å². The number of nitrogens with zero attached hydrogens (tertiary/aromatic N) is 1. The van der Waals surface area contributed by atoms with Gasteiger partial charge in [0.05, 0.1) is 5.41 Å². The Labute approximate surface area is 131 Å². The number of hydrogen-bond acceptors (Lipinski definition) is 2. The van der Waals surface area contributed by atoms with E-state index >= 15 is 0 Å². The molecule has 118 valence electrons. The molecule has 0 aromatic heterocycles. The monoisotopic (exact) mass is 301 g/mol. The summed E-state index contributed by atoms with van der Waals surface area (Å²) in [5.74, 6) is -0.411. The molecule has 22 heavy (non-hydrogen) atoms. The number of rotatable bonds is 3. The molecule has 1 amide bonds. The van der Waals surface area contributed by atoms with Gasteiger partial charge in [-0.05, 0) is 49.7 Å². The summed E-state index contributed by atoms with van der Waals surface area (Å²) in [6.07, 6.45) is 4.33. The van der Waals surface area contributed by atoms with Crippen molar-refractivity contribution < 1.29 is 14.7 Å². The van der Waals surface area contributed by atoms with E-state index in [1.807, 2.05) is 6.07 Å². The Bertz CT molecular complexity index is 598. The topological polar surface area (TPSA) is 57.6 Å². The fourth-order valence-electron chi connectivity index (χ4n) is 3.75. The number of carbonyl (C=O) groups excluding carboxylic acids is 1. The third kappa shape index (κ3) is 2.74. The highest BCUT2D eigenvalue weighted by Gasteiger charge is 2.42. The van der Waals surface area contributed by atoms with Crippen LogP contribution in [0, 0.1) is 5.41 Å². The number of aryl methyl sites for hydroxylation is 1. The van der Waals surface area contributed by atoms with Gasteiger partial charge < -0.3 is 10.0 Å². The normalized spacial score (nSPS) is 27.5. The van der Waals surface area contributed by atoms with Crippen LogP contribution in [0.1, 0.15) is 49.7 Å². The Hall–Kier alpha value is -1.84. The highest BCUT2D eigenvalue weighted by atomic mass is 16.4. The first-order chi connectivity index (χ1) is 10.5. The Balaban J connectivity index is 1.68. The van der Waals surface area contributed by atoms with E-state index in [9.17, 15) is 14.7 Å². The molecule has 0 bridgehead atoms. The molecule has 2 aliphatic rings. The van der Waals surface area contributed by atoms with Crippen LogP contribution in [0.3, 0.4) is 0 Å². The summed E-state index contributed by atoms with van der Waals surface area (Å²) >= 11 is 0. The number of carboxylic acids is 1. The Kier molecular flexibility index (Phi) is 3.94. The maximum absolute atomic E-state index is 12.6. The van der Waals surface area contributed by atoms with Gasteiger partial charge in [0.15, 0.2) is 0 Å². The van der Waals surface area contributed by atoms with Crippen molar-refractivity contribution in [3.05, 3.63) is 35.4 Å². The summed E-state index contributed by atoms with van der Waals surface area (Å²) in [5.41, 5.74) is 1.89. The van der Waals surface area contributed by atoms with Crippen LogP contribution in [-0.4, -0.2) is 35.0 Å². The quantitative estimate of drug-likeness (QED) is 0.934. The van der Waals surface area contributed by atoms with E-state index in [-0.39, 0.29) is 11.8 Å². The molecule has 0 saturated carbocycles. The van der Waals surface area contributed by atoms with Gasteiger partial charge in [-0.3, -0.25) is 9.59 Å². The van der Waals surface area contributed by atoms with Crippen molar-refractivity contribution in [3.8, 4) is 0 Å². The molecular weight excluding hydrogens is 278 g/mol. The largest absolute Gasteiger partial charge is 0.481 e. The fourth-order valence-corrected chi connectivity index (χ4v) is 3.75. The molecule has 1 aliphatic heterocycles. The number of likely N-dealkylation sites (tertiary alicyclic amines) is 1. The van der Waals surface area contributed by atoms with Gasteiger partial charge >= 0.3 is 5.97 Å². The van der Waals surface area contributed by atoms with Gasteiger partial charge in [-0.1, -0.05) is 24.3 Å². The highest BCUT2D eigenvalue weighted by Crippen LogP contribution is 2.36. The van der Waals surface area contributed by atoms with Crippen molar-refractivity contribution in [2.24, 2.45) is 5.41 Å². The van der Waals surface area contributed by atoms with Crippen LogP contribution in [-0.2, 0) is 16.0 Å². The number of fused-ring (bicyclic) bond motifs is 1. The maximum atomic E-state index is 12.6. The van der Waals surface area contributed by atoms with E-state index < -0.39 is 11.4 Å². The first kappa shape index (κ1) is 15.1. The van der Waals surface area contributed by atoms with Crippen LogP contribution in [0.2, 0.25) is 0 Å².